The van der Waals surface area contributed by atoms with Crippen LogP contribution in [0.15, 0.2) is 0 Å². The molecule has 6 nitrogen and oxygen atoms in total. The highest BCUT2D eigenvalue weighted by Crippen LogP contribution is 2.42. The molecule has 1 amide bonds. The first-order chi connectivity index (χ1) is 8.50. The molecule has 1 fully saturated rings. The van der Waals surface area contributed by atoms with E-state index in [1.54, 1.807) is 6.26 Å². The van der Waals surface area contributed by atoms with Gasteiger partial charge in [0.15, 0.2) is 5.69 Å². The molecule has 0 saturated heterocycles. The van der Waals surface area contributed by atoms with Gasteiger partial charge in [0.25, 0.3) is 5.91 Å². The number of anilines is 1. The third kappa shape index (κ3) is 2.72. The molecule has 0 aliphatic heterocycles. The second-order valence-electron chi connectivity index (χ2n) is 4.69. The Morgan fingerprint density at radius 3 is 2.89 bits per heavy atom. The molecule has 1 heterocycles. The van der Waals surface area contributed by atoms with Gasteiger partial charge in [-0.05, 0) is 19.8 Å². The van der Waals surface area contributed by atoms with E-state index in [4.69, 9.17) is 5.73 Å². The van der Waals surface area contributed by atoms with Crippen molar-refractivity contribution in [1.82, 2.24) is 15.5 Å². The number of nitrogens with zero attached hydrogens (tertiary/aromatic N) is 1. The molecule has 4 N–H and O–H groups in total. The molecule has 2 unspecified atom stereocenters. The molecule has 1 saturated carbocycles. The van der Waals surface area contributed by atoms with Gasteiger partial charge in [-0.1, -0.05) is 0 Å². The largest absolute Gasteiger partial charge is 0.395 e. The number of nitrogen functional groups attached to an aromatic ring is 1. The molecular formula is C11H18N4O2S. The van der Waals surface area contributed by atoms with Crippen LogP contribution in [0.2, 0.25) is 0 Å². The van der Waals surface area contributed by atoms with Crippen molar-refractivity contribution in [3.8, 4) is 0 Å². The zero-order valence-corrected chi connectivity index (χ0v) is 11.3. The van der Waals surface area contributed by atoms with Crippen LogP contribution in [-0.2, 0) is 10.8 Å². The van der Waals surface area contributed by atoms with Gasteiger partial charge in [-0.3, -0.25) is 14.1 Å². The second-order valence-corrected chi connectivity index (χ2v) is 6.49. The summed E-state index contributed by atoms with van der Waals surface area (Å²) in [5.74, 6) is 0.120. The fourth-order valence-electron chi connectivity index (χ4n) is 1.66. The van der Waals surface area contributed by atoms with Gasteiger partial charge in [0.05, 0.1) is 11.4 Å². The summed E-state index contributed by atoms with van der Waals surface area (Å²) < 4.78 is 11.2. The van der Waals surface area contributed by atoms with E-state index in [0.29, 0.717) is 18.2 Å². The molecule has 2 rings (SSSR count). The lowest BCUT2D eigenvalue weighted by molar-refractivity contribution is 0.0950. The van der Waals surface area contributed by atoms with Crippen molar-refractivity contribution in [3.63, 3.8) is 0 Å². The van der Waals surface area contributed by atoms with E-state index < -0.39 is 10.8 Å². The Bertz CT molecular complexity index is 481. The summed E-state index contributed by atoms with van der Waals surface area (Å²) >= 11 is 0. The number of aromatic nitrogens is 2. The summed E-state index contributed by atoms with van der Waals surface area (Å²) in [6.07, 6.45) is 3.81. The van der Waals surface area contributed by atoms with Crippen LogP contribution in [0.5, 0.6) is 0 Å². The van der Waals surface area contributed by atoms with Crippen LogP contribution in [-0.4, -0.2) is 38.4 Å². The van der Waals surface area contributed by atoms with Crippen LogP contribution in [0.25, 0.3) is 0 Å². The van der Waals surface area contributed by atoms with E-state index >= 15 is 0 Å². The summed E-state index contributed by atoms with van der Waals surface area (Å²) in [4.78, 5) is 11.9. The van der Waals surface area contributed by atoms with Crippen molar-refractivity contribution in [2.45, 2.75) is 30.9 Å². The molecular weight excluding hydrogens is 252 g/mol. The second kappa shape index (κ2) is 5.09. The highest BCUT2D eigenvalue weighted by atomic mass is 32.2. The Labute approximate surface area is 108 Å². The van der Waals surface area contributed by atoms with E-state index in [-0.39, 0.29) is 16.9 Å². The van der Waals surface area contributed by atoms with Crippen molar-refractivity contribution >= 4 is 22.4 Å². The molecule has 1 aliphatic rings. The molecule has 0 bridgehead atoms. The first kappa shape index (κ1) is 13.1. The van der Waals surface area contributed by atoms with Crippen molar-refractivity contribution in [3.05, 3.63) is 11.4 Å². The van der Waals surface area contributed by atoms with Gasteiger partial charge in [-0.15, -0.1) is 0 Å². The first-order valence-electron chi connectivity index (χ1n) is 5.94. The standard InChI is InChI=1S/C11H18N4O2S/c1-6(18(2)17)5-13-11(16)10-8(12)9(14-15-10)7-3-4-7/h6-7H,3-5,12H2,1-2H3,(H,13,16)(H,14,15). The number of nitrogens with one attached hydrogen (secondary N) is 2. The van der Waals surface area contributed by atoms with Gasteiger partial charge in [0.2, 0.25) is 0 Å². The summed E-state index contributed by atoms with van der Waals surface area (Å²) in [5, 5.41) is 9.41. The maximum atomic E-state index is 11.9. The van der Waals surface area contributed by atoms with Gasteiger partial charge in [-0.25, -0.2) is 0 Å². The molecule has 1 aliphatic carbocycles. The third-order valence-electron chi connectivity index (χ3n) is 3.15. The lowest BCUT2D eigenvalue weighted by Gasteiger charge is -2.09. The maximum Gasteiger partial charge on any atom is 0.273 e. The van der Waals surface area contributed by atoms with Gasteiger partial charge in [0, 0.05) is 34.8 Å². The molecule has 7 heteroatoms. The number of amides is 1. The Morgan fingerprint density at radius 2 is 2.33 bits per heavy atom. The number of hydrogen-bond acceptors (Lipinski definition) is 4. The summed E-state index contributed by atoms with van der Waals surface area (Å²) in [7, 11) is -0.955. The fourth-order valence-corrected chi connectivity index (χ4v) is 1.98. The monoisotopic (exact) mass is 270 g/mol. The topological polar surface area (TPSA) is 101 Å². The highest BCUT2D eigenvalue weighted by Gasteiger charge is 2.30. The van der Waals surface area contributed by atoms with E-state index in [1.165, 1.54) is 0 Å². The number of H-pyrrole nitrogens is 1. The van der Waals surface area contributed by atoms with E-state index in [2.05, 4.69) is 15.5 Å². The van der Waals surface area contributed by atoms with Crippen LogP contribution in [0.3, 0.4) is 0 Å². The minimum atomic E-state index is -0.955. The predicted molar refractivity (Wildman–Crippen MR) is 70.8 cm³/mol. The Hall–Kier alpha value is -1.37. The molecule has 18 heavy (non-hydrogen) atoms. The lowest BCUT2D eigenvalue weighted by atomic mass is 10.2. The van der Waals surface area contributed by atoms with Crippen molar-refractivity contribution < 1.29 is 9.00 Å². The fraction of sp³-hybridized carbons (Fsp3) is 0.636. The molecule has 0 spiro atoms. The van der Waals surface area contributed by atoms with Crippen molar-refractivity contribution in [2.24, 2.45) is 0 Å². The van der Waals surface area contributed by atoms with Gasteiger partial charge in [-0.2, -0.15) is 5.10 Å². The maximum absolute atomic E-state index is 11.9. The van der Waals surface area contributed by atoms with Crippen LogP contribution in [0, 0.1) is 0 Å². The normalized spacial score (nSPS) is 18.3. The molecule has 1 aromatic heterocycles. The van der Waals surface area contributed by atoms with Crippen LogP contribution < -0.4 is 11.1 Å². The Balaban J connectivity index is 1.98. The number of carbonyl (C=O) groups excluding carboxylic acids is 1. The third-order valence-corrected chi connectivity index (χ3v) is 4.45. The summed E-state index contributed by atoms with van der Waals surface area (Å²) in [5.41, 5.74) is 7.45. The number of carbonyl (C=O) groups is 1. The predicted octanol–water partition coefficient (Wildman–Crippen LogP) is 0.366. The van der Waals surface area contributed by atoms with Crippen LogP contribution in [0.1, 0.15) is 41.9 Å². The van der Waals surface area contributed by atoms with E-state index in [9.17, 15) is 9.00 Å². The minimum absolute atomic E-state index is 0.0861. The highest BCUT2D eigenvalue weighted by molar-refractivity contribution is 7.84. The van der Waals surface area contributed by atoms with Crippen molar-refractivity contribution in [1.29, 1.82) is 0 Å². The number of hydrogen-bond donors (Lipinski definition) is 3. The zero-order chi connectivity index (χ0) is 13.3. The number of nitrogens with two attached hydrogens (primary N) is 1. The molecule has 1 aromatic rings. The lowest BCUT2D eigenvalue weighted by Crippen LogP contribution is -2.33. The summed E-state index contributed by atoms with van der Waals surface area (Å²) in [6.45, 7) is 2.17. The smallest absolute Gasteiger partial charge is 0.273 e. The molecule has 0 radical (unpaired) electrons. The average Bonchev–Trinajstić information content (AvgIpc) is 3.09. The first-order valence-corrected chi connectivity index (χ1v) is 7.57. The van der Waals surface area contributed by atoms with Crippen LogP contribution in [0.4, 0.5) is 5.69 Å². The number of rotatable bonds is 5. The molecule has 100 valence electrons. The van der Waals surface area contributed by atoms with Gasteiger partial charge in [0.1, 0.15) is 0 Å². The van der Waals surface area contributed by atoms with Crippen molar-refractivity contribution in [2.75, 3.05) is 18.5 Å². The Morgan fingerprint density at radius 1 is 1.67 bits per heavy atom. The van der Waals surface area contributed by atoms with Gasteiger partial charge >= 0.3 is 0 Å². The van der Waals surface area contributed by atoms with Crippen LogP contribution >= 0.6 is 0 Å². The average molecular weight is 270 g/mol. The minimum Gasteiger partial charge on any atom is -0.395 e. The zero-order valence-electron chi connectivity index (χ0n) is 10.5. The molecule has 0 aromatic carbocycles. The number of aromatic amines is 1. The van der Waals surface area contributed by atoms with Gasteiger partial charge < -0.3 is 11.1 Å². The Kier molecular flexibility index (Phi) is 3.70. The summed E-state index contributed by atoms with van der Waals surface area (Å²) in [6, 6.07) is 0. The SMILES string of the molecule is CC(CNC(=O)c1n[nH]c(C2CC2)c1N)S(C)=O. The van der Waals surface area contributed by atoms with E-state index in [1.807, 2.05) is 6.92 Å². The van der Waals surface area contributed by atoms with E-state index in [0.717, 1.165) is 18.5 Å². The molecule has 2 atom stereocenters. The quantitative estimate of drug-likeness (QED) is 0.719.